The summed E-state index contributed by atoms with van der Waals surface area (Å²) in [4.78, 5) is 34.9. The first-order valence-electron chi connectivity index (χ1n) is 8.77. The Kier molecular flexibility index (Phi) is 4.27. The molecule has 4 heterocycles. The summed E-state index contributed by atoms with van der Waals surface area (Å²) in [6, 6.07) is 7.49. The molecule has 1 saturated heterocycles. The van der Waals surface area contributed by atoms with Crippen LogP contribution in [0.25, 0.3) is 5.82 Å². The molecule has 0 spiro atoms. The molecular formula is C18H21N7O2. The van der Waals surface area contributed by atoms with Crippen molar-refractivity contribution in [2.75, 3.05) is 23.3 Å². The van der Waals surface area contributed by atoms with Crippen LogP contribution in [0.1, 0.15) is 6.42 Å². The van der Waals surface area contributed by atoms with E-state index < -0.39 is 0 Å². The van der Waals surface area contributed by atoms with E-state index in [4.69, 9.17) is 0 Å². The van der Waals surface area contributed by atoms with Crippen molar-refractivity contribution in [2.24, 2.45) is 14.1 Å². The quantitative estimate of drug-likeness (QED) is 0.716. The lowest BCUT2D eigenvalue weighted by atomic mass is 10.2. The molecule has 1 aliphatic heterocycles. The smallest absolute Gasteiger partial charge is 0.332 e. The SMILES string of the molecule is Cn1c(N2CC[C@@H](Nc3cccc(-n4ccnc4)n3)C2)cc(=O)n(C)c1=O. The number of pyridine rings is 1. The van der Waals surface area contributed by atoms with Crippen LogP contribution in [0.4, 0.5) is 11.6 Å². The average Bonchev–Trinajstić information content (AvgIpc) is 3.35. The van der Waals surface area contributed by atoms with Crippen LogP contribution in [-0.4, -0.2) is 42.8 Å². The fourth-order valence-corrected chi connectivity index (χ4v) is 3.36. The number of hydrogen-bond acceptors (Lipinski definition) is 6. The fraction of sp³-hybridized carbons (Fsp3) is 0.333. The fourth-order valence-electron chi connectivity index (χ4n) is 3.36. The molecule has 27 heavy (non-hydrogen) atoms. The van der Waals surface area contributed by atoms with Crippen LogP contribution >= 0.6 is 0 Å². The molecule has 0 radical (unpaired) electrons. The topological polar surface area (TPSA) is 90.0 Å². The van der Waals surface area contributed by atoms with Crippen molar-refractivity contribution in [3.05, 3.63) is 63.8 Å². The Morgan fingerprint density at radius 3 is 2.81 bits per heavy atom. The number of imidazole rings is 1. The van der Waals surface area contributed by atoms with E-state index in [-0.39, 0.29) is 17.3 Å². The Hall–Kier alpha value is -3.36. The van der Waals surface area contributed by atoms with Gasteiger partial charge >= 0.3 is 5.69 Å². The van der Waals surface area contributed by atoms with Gasteiger partial charge in [0.05, 0.1) is 0 Å². The molecule has 3 aromatic rings. The summed E-state index contributed by atoms with van der Waals surface area (Å²) in [5.74, 6) is 2.22. The van der Waals surface area contributed by atoms with Crippen molar-refractivity contribution in [3.8, 4) is 5.82 Å². The first kappa shape index (κ1) is 17.1. The van der Waals surface area contributed by atoms with Crippen molar-refractivity contribution in [2.45, 2.75) is 12.5 Å². The van der Waals surface area contributed by atoms with Crippen LogP contribution in [0.15, 0.2) is 52.6 Å². The second kappa shape index (κ2) is 6.75. The van der Waals surface area contributed by atoms with Gasteiger partial charge in [0.2, 0.25) is 0 Å². The zero-order chi connectivity index (χ0) is 19.0. The van der Waals surface area contributed by atoms with Gasteiger partial charge in [-0.25, -0.2) is 14.8 Å². The highest BCUT2D eigenvalue weighted by Crippen LogP contribution is 2.20. The number of rotatable bonds is 4. The predicted octanol–water partition coefficient (Wildman–Crippen LogP) is 0.355. The Labute approximate surface area is 155 Å². The lowest BCUT2D eigenvalue weighted by molar-refractivity contribution is 0.672. The second-order valence-corrected chi connectivity index (χ2v) is 6.67. The molecule has 0 aliphatic carbocycles. The number of hydrogen-bond donors (Lipinski definition) is 1. The zero-order valence-corrected chi connectivity index (χ0v) is 15.2. The molecule has 1 aliphatic rings. The maximum atomic E-state index is 12.2. The highest BCUT2D eigenvalue weighted by atomic mass is 16.2. The molecule has 1 N–H and O–H groups in total. The maximum Gasteiger partial charge on any atom is 0.332 e. The van der Waals surface area contributed by atoms with Crippen molar-refractivity contribution in [1.82, 2.24) is 23.7 Å². The van der Waals surface area contributed by atoms with E-state index in [2.05, 4.69) is 20.2 Å². The van der Waals surface area contributed by atoms with Gasteiger partial charge in [0.1, 0.15) is 23.8 Å². The molecule has 1 fully saturated rings. The van der Waals surface area contributed by atoms with E-state index in [1.807, 2.05) is 29.0 Å². The van der Waals surface area contributed by atoms with Gasteiger partial charge in [0, 0.05) is 51.7 Å². The highest BCUT2D eigenvalue weighted by molar-refractivity contribution is 5.45. The number of anilines is 2. The lowest BCUT2D eigenvalue weighted by Crippen LogP contribution is -2.40. The van der Waals surface area contributed by atoms with Crippen LogP contribution in [0.2, 0.25) is 0 Å². The van der Waals surface area contributed by atoms with Crippen LogP contribution in [0, 0.1) is 0 Å². The molecule has 0 bridgehead atoms. The summed E-state index contributed by atoms with van der Waals surface area (Å²) in [5.41, 5.74) is -0.609. The van der Waals surface area contributed by atoms with Gasteiger partial charge in [0.15, 0.2) is 0 Å². The molecule has 0 saturated carbocycles. The Morgan fingerprint density at radius 1 is 1.19 bits per heavy atom. The van der Waals surface area contributed by atoms with E-state index >= 15 is 0 Å². The summed E-state index contributed by atoms with van der Waals surface area (Å²) in [6.07, 6.45) is 6.16. The summed E-state index contributed by atoms with van der Waals surface area (Å²) in [6.45, 7) is 1.46. The van der Waals surface area contributed by atoms with Crippen LogP contribution in [0.5, 0.6) is 0 Å². The van der Waals surface area contributed by atoms with Crippen molar-refractivity contribution in [3.63, 3.8) is 0 Å². The summed E-state index contributed by atoms with van der Waals surface area (Å²) < 4.78 is 4.48. The van der Waals surface area contributed by atoms with Gasteiger partial charge in [-0.3, -0.25) is 18.5 Å². The standard InChI is InChI=1S/C18H21N7O2/c1-22-16(10-17(26)23(2)18(22)27)24-8-6-13(11-24)20-14-4-3-5-15(21-14)25-9-7-19-12-25/h3-5,7,9-10,12-13H,6,8,11H2,1-2H3,(H,20,21)/t13-/m1/s1. The lowest BCUT2D eigenvalue weighted by Gasteiger charge is -2.21. The van der Waals surface area contributed by atoms with Crippen molar-refractivity contribution < 1.29 is 0 Å². The molecule has 1 atom stereocenters. The number of aromatic nitrogens is 5. The number of nitrogens with zero attached hydrogens (tertiary/aromatic N) is 6. The molecule has 3 aromatic heterocycles. The van der Waals surface area contributed by atoms with E-state index in [1.165, 1.54) is 17.7 Å². The van der Waals surface area contributed by atoms with Crippen LogP contribution in [-0.2, 0) is 14.1 Å². The zero-order valence-electron chi connectivity index (χ0n) is 15.2. The average molecular weight is 367 g/mol. The Morgan fingerprint density at radius 2 is 2.04 bits per heavy atom. The van der Waals surface area contributed by atoms with Crippen LogP contribution in [0.3, 0.4) is 0 Å². The molecule has 4 rings (SSSR count). The normalized spacial score (nSPS) is 16.7. The minimum absolute atomic E-state index is 0.176. The monoisotopic (exact) mass is 367 g/mol. The summed E-state index contributed by atoms with van der Waals surface area (Å²) in [7, 11) is 3.18. The summed E-state index contributed by atoms with van der Waals surface area (Å²) >= 11 is 0. The molecule has 0 amide bonds. The van der Waals surface area contributed by atoms with E-state index in [0.29, 0.717) is 12.4 Å². The molecule has 0 aromatic carbocycles. The minimum Gasteiger partial charge on any atom is -0.365 e. The third-order valence-corrected chi connectivity index (χ3v) is 4.87. The predicted molar refractivity (Wildman–Crippen MR) is 103 cm³/mol. The Balaban J connectivity index is 1.51. The van der Waals surface area contributed by atoms with Gasteiger partial charge in [-0.1, -0.05) is 6.07 Å². The molecule has 0 unspecified atom stereocenters. The van der Waals surface area contributed by atoms with Gasteiger partial charge in [-0.05, 0) is 18.6 Å². The largest absolute Gasteiger partial charge is 0.365 e. The van der Waals surface area contributed by atoms with Gasteiger partial charge < -0.3 is 10.2 Å². The highest BCUT2D eigenvalue weighted by Gasteiger charge is 2.25. The van der Waals surface area contributed by atoms with Crippen molar-refractivity contribution >= 4 is 11.6 Å². The van der Waals surface area contributed by atoms with E-state index in [1.54, 1.807) is 19.6 Å². The number of nitrogens with one attached hydrogen (secondary N) is 1. The molecule has 140 valence electrons. The summed E-state index contributed by atoms with van der Waals surface area (Å²) in [5, 5.41) is 3.45. The molecular weight excluding hydrogens is 346 g/mol. The first-order chi connectivity index (χ1) is 13.0. The van der Waals surface area contributed by atoms with Gasteiger partial charge in [-0.15, -0.1) is 0 Å². The third-order valence-electron chi connectivity index (χ3n) is 4.87. The maximum absolute atomic E-state index is 12.2. The van der Waals surface area contributed by atoms with Gasteiger partial charge in [0.25, 0.3) is 5.56 Å². The van der Waals surface area contributed by atoms with Crippen LogP contribution < -0.4 is 21.5 Å². The van der Waals surface area contributed by atoms with E-state index in [9.17, 15) is 9.59 Å². The molecule has 9 nitrogen and oxygen atoms in total. The molecule has 9 heteroatoms. The van der Waals surface area contributed by atoms with Gasteiger partial charge in [-0.2, -0.15) is 0 Å². The Bertz CT molecular complexity index is 1070. The minimum atomic E-state index is -0.316. The first-order valence-corrected chi connectivity index (χ1v) is 8.77. The van der Waals surface area contributed by atoms with E-state index in [0.717, 1.165) is 29.2 Å². The van der Waals surface area contributed by atoms with Crippen molar-refractivity contribution in [1.29, 1.82) is 0 Å². The second-order valence-electron chi connectivity index (χ2n) is 6.67. The third kappa shape index (κ3) is 3.23.